The number of hydrogen-bond donors (Lipinski definition) is 1. The van der Waals surface area contributed by atoms with Gasteiger partial charge in [-0.15, -0.1) is 0 Å². The second kappa shape index (κ2) is 2.70. The van der Waals surface area contributed by atoms with Gasteiger partial charge in [0.25, 0.3) is 0 Å². The van der Waals surface area contributed by atoms with Gasteiger partial charge >= 0.3 is 0 Å². The van der Waals surface area contributed by atoms with Gasteiger partial charge in [-0.3, -0.25) is 0 Å². The lowest BCUT2D eigenvalue weighted by Gasteiger charge is -2.03. The molecule has 0 unspecified atom stereocenters. The molecule has 1 fully saturated rings. The summed E-state index contributed by atoms with van der Waals surface area (Å²) in [4.78, 5) is 4.12. The summed E-state index contributed by atoms with van der Waals surface area (Å²) >= 11 is 5.87. The highest BCUT2D eigenvalue weighted by Gasteiger charge is 2.21. The minimum atomic E-state index is 0.613. The van der Waals surface area contributed by atoms with Gasteiger partial charge in [-0.25, -0.2) is 4.98 Å². The molecule has 2 nitrogen and oxygen atoms in total. The number of rotatable bonds is 2. The van der Waals surface area contributed by atoms with Crippen LogP contribution in [-0.4, -0.2) is 11.0 Å². The summed E-state index contributed by atoms with van der Waals surface area (Å²) in [6.45, 7) is 0. The lowest BCUT2D eigenvalue weighted by atomic mass is 10.4. The van der Waals surface area contributed by atoms with Crippen LogP contribution in [0.15, 0.2) is 18.3 Å². The molecule has 0 radical (unpaired) electrons. The first kappa shape index (κ1) is 6.92. The highest BCUT2D eigenvalue weighted by molar-refractivity contribution is 6.32. The lowest BCUT2D eigenvalue weighted by Crippen LogP contribution is -2.02. The predicted molar refractivity (Wildman–Crippen MR) is 45.9 cm³/mol. The Morgan fingerprint density at radius 2 is 2.36 bits per heavy atom. The van der Waals surface area contributed by atoms with E-state index in [4.69, 9.17) is 11.6 Å². The van der Waals surface area contributed by atoms with Gasteiger partial charge in [0.15, 0.2) is 0 Å². The number of anilines is 1. The molecule has 3 heteroatoms. The average molecular weight is 169 g/mol. The van der Waals surface area contributed by atoms with Crippen molar-refractivity contribution in [3.63, 3.8) is 0 Å². The molecule has 0 atom stereocenters. The summed E-state index contributed by atoms with van der Waals surface area (Å²) in [6.07, 6.45) is 4.23. The van der Waals surface area contributed by atoms with Crippen molar-refractivity contribution in [2.24, 2.45) is 0 Å². The minimum absolute atomic E-state index is 0.613. The van der Waals surface area contributed by atoms with Crippen LogP contribution in [-0.2, 0) is 0 Å². The van der Waals surface area contributed by atoms with Crippen LogP contribution in [0.3, 0.4) is 0 Å². The molecule has 1 saturated carbocycles. The third-order valence-corrected chi connectivity index (χ3v) is 1.98. The van der Waals surface area contributed by atoms with Crippen molar-refractivity contribution in [2.75, 3.05) is 5.32 Å². The van der Waals surface area contributed by atoms with Crippen molar-refractivity contribution in [2.45, 2.75) is 18.9 Å². The first-order valence-corrected chi connectivity index (χ1v) is 4.11. The fourth-order valence-electron chi connectivity index (χ4n) is 0.913. The first-order valence-electron chi connectivity index (χ1n) is 3.73. The maximum absolute atomic E-state index is 5.87. The number of nitrogens with one attached hydrogen (secondary N) is 1. The molecule has 2 rings (SSSR count). The summed E-state index contributed by atoms with van der Waals surface area (Å²) < 4.78 is 0. The molecule has 0 amide bonds. The molecule has 1 aromatic rings. The quantitative estimate of drug-likeness (QED) is 0.733. The van der Waals surface area contributed by atoms with Crippen molar-refractivity contribution in [1.82, 2.24) is 4.98 Å². The Balaban J connectivity index is 2.15. The Bertz CT molecular complexity index is 258. The van der Waals surface area contributed by atoms with Crippen LogP contribution in [0.5, 0.6) is 0 Å². The summed E-state index contributed by atoms with van der Waals surface area (Å²) in [6, 6.07) is 4.29. The van der Waals surface area contributed by atoms with E-state index in [9.17, 15) is 0 Å². The Labute approximate surface area is 70.6 Å². The number of halogens is 1. The molecule has 1 aromatic heterocycles. The Morgan fingerprint density at radius 1 is 1.55 bits per heavy atom. The second-order valence-corrected chi connectivity index (χ2v) is 3.16. The highest BCUT2D eigenvalue weighted by atomic mass is 35.5. The maximum atomic E-state index is 5.87. The summed E-state index contributed by atoms with van der Waals surface area (Å²) in [5, 5.41) is 3.95. The van der Waals surface area contributed by atoms with E-state index in [-0.39, 0.29) is 0 Å². The topological polar surface area (TPSA) is 24.9 Å². The van der Waals surface area contributed by atoms with Crippen LogP contribution in [0.1, 0.15) is 12.8 Å². The van der Waals surface area contributed by atoms with Gasteiger partial charge in [-0.1, -0.05) is 11.6 Å². The molecule has 58 valence electrons. The molecule has 0 aliphatic heterocycles. The first-order chi connectivity index (χ1) is 5.36. The van der Waals surface area contributed by atoms with Gasteiger partial charge in [0, 0.05) is 12.2 Å². The minimum Gasteiger partial charge on any atom is -0.366 e. The normalized spacial score (nSPS) is 16.5. The third-order valence-electron chi connectivity index (χ3n) is 1.68. The monoisotopic (exact) mass is 168 g/mol. The molecule has 1 N–H and O–H groups in total. The fourth-order valence-corrected chi connectivity index (χ4v) is 1.09. The zero-order valence-corrected chi connectivity index (χ0v) is 6.80. The van der Waals surface area contributed by atoms with Gasteiger partial charge in [0.1, 0.15) is 5.82 Å². The van der Waals surface area contributed by atoms with Crippen molar-refractivity contribution >= 4 is 17.4 Å². The zero-order chi connectivity index (χ0) is 7.68. The smallest absolute Gasteiger partial charge is 0.144 e. The van der Waals surface area contributed by atoms with E-state index >= 15 is 0 Å². The van der Waals surface area contributed by atoms with Crippen LogP contribution in [0.2, 0.25) is 5.02 Å². The average Bonchev–Trinajstić information content (AvgIpc) is 2.78. The Kier molecular flexibility index (Phi) is 1.70. The van der Waals surface area contributed by atoms with E-state index < -0.39 is 0 Å². The van der Waals surface area contributed by atoms with Crippen molar-refractivity contribution in [1.29, 1.82) is 0 Å². The molecule has 0 spiro atoms. The molecule has 1 aliphatic rings. The molecule has 0 aromatic carbocycles. The molecule has 11 heavy (non-hydrogen) atoms. The van der Waals surface area contributed by atoms with Crippen molar-refractivity contribution in [3.05, 3.63) is 23.4 Å². The van der Waals surface area contributed by atoms with E-state index in [2.05, 4.69) is 10.3 Å². The second-order valence-electron chi connectivity index (χ2n) is 2.75. The van der Waals surface area contributed by atoms with Gasteiger partial charge < -0.3 is 5.32 Å². The number of aromatic nitrogens is 1. The molecular weight excluding hydrogens is 160 g/mol. The Morgan fingerprint density at radius 3 is 3.00 bits per heavy atom. The summed E-state index contributed by atoms with van der Waals surface area (Å²) in [7, 11) is 0. The molecule has 1 aliphatic carbocycles. The van der Waals surface area contributed by atoms with Crippen LogP contribution in [0.25, 0.3) is 0 Å². The van der Waals surface area contributed by atoms with E-state index in [1.54, 1.807) is 6.20 Å². The van der Waals surface area contributed by atoms with Crippen LogP contribution < -0.4 is 5.32 Å². The standard InChI is InChI=1S/C8H9ClN2/c9-7-2-1-5-10-8(7)11-6-3-4-6/h1-2,5-6H,3-4H2,(H,10,11). The number of pyridine rings is 1. The number of hydrogen-bond acceptors (Lipinski definition) is 2. The number of nitrogens with zero attached hydrogens (tertiary/aromatic N) is 1. The van der Waals surface area contributed by atoms with Gasteiger partial charge in [0.05, 0.1) is 5.02 Å². The highest BCUT2D eigenvalue weighted by Crippen LogP contribution is 2.27. The summed E-state index contributed by atoms with van der Waals surface area (Å²) in [5.74, 6) is 0.816. The fraction of sp³-hybridized carbons (Fsp3) is 0.375. The largest absolute Gasteiger partial charge is 0.366 e. The zero-order valence-electron chi connectivity index (χ0n) is 6.05. The van der Waals surface area contributed by atoms with Gasteiger partial charge in [-0.05, 0) is 25.0 Å². The predicted octanol–water partition coefficient (Wildman–Crippen LogP) is 2.31. The van der Waals surface area contributed by atoms with Crippen LogP contribution in [0.4, 0.5) is 5.82 Å². The molecule has 1 heterocycles. The van der Waals surface area contributed by atoms with E-state index in [0.717, 1.165) is 5.82 Å². The van der Waals surface area contributed by atoms with Crippen molar-refractivity contribution in [3.8, 4) is 0 Å². The maximum Gasteiger partial charge on any atom is 0.144 e. The van der Waals surface area contributed by atoms with Gasteiger partial charge in [0.2, 0.25) is 0 Å². The van der Waals surface area contributed by atoms with Crippen molar-refractivity contribution < 1.29 is 0 Å². The third kappa shape index (κ3) is 1.63. The lowest BCUT2D eigenvalue weighted by molar-refractivity contribution is 1.11. The van der Waals surface area contributed by atoms with Crippen LogP contribution in [0, 0.1) is 0 Å². The molecule has 0 saturated heterocycles. The van der Waals surface area contributed by atoms with E-state index in [0.29, 0.717) is 11.1 Å². The van der Waals surface area contributed by atoms with Gasteiger partial charge in [-0.2, -0.15) is 0 Å². The Hall–Kier alpha value is -0.760. The SMILES string of the molecule is Clc1cccnc1NC1CC1. The molecule has 0 bridgehead atoms. The van der Waals surface area contributed by atoms with E-state index in [1.165, 1.54) is 12.8 Å². The van der Waals surface area contributed by atoms with Crippen LogP contribution >= 0.6 is 11.6 Å². The van der Waals surface area contributed by atoms with E-state index in [1.807, 2.05) is 12.1 Å². The molecular formula is C8H9ClN2. The summed E-state index contributed by atoms with van der Waals surface area (Å²) in [5.41, 5.74) is 0.